The first-order chi connectivity index (χ1) is 10.2. The van der Waals surface area contributed by atoms with Crippen LogP contribution in [0.5, 0.6) is 11.6 Å². The summed E-state index contributed by atoms with van der Waals surface area (Å²) in [6.07, 6.45) is 7.58. The van der Waals surface area contributed by atoms with Gasteiger partial charge in [0.05, 0.1) is 12.4 Å². The third kappa shape index (κ3) is 4.56. The number of ether oxygens (including phenoxy) is 1. The van der Waals surface area contributed by atoms with Gasteiger partial charge >= 0.3 is 0 Å². The van der Waals surface area contributed by atoms with Gasteiger partial charge in [0.2, 0.25) is 5.88 Å². The van der Waals surface area contributed by atoms with Crippen LogP contribution in [-0.4, -0.2) is 21.3 Å². The normalized spacial score (nSPS) is 12.3. The van der Waals surface area contributed by atoms with Crippen LogP contribution in [0.1, 0.15) is 45.2 Å². The van der Waals surface area contributed by atoms with Gasteiger partial charge in [-0.3, -0.25) is 4.68 Å². The van der Waals surface area contributed by atoms with Gasteiger partial charge in [-0.25, -0.2) is 4.98 Å². The smallest absolute Gasteiger partial charge is 0.219 e. The fourth-order valence-corrected chi connectivity index (χ4v) is 2.10. The SMILES string of the molecule is CCCNC(C)c1ccnc(Oc2cnn(CCC)c2)c1. The highest BCUT2D eigenvalue weighted by Crippen LogP contribution is 2.22. The number of pyridine rings is 1. The van der Waals surface area contributed by atoms with Gasteiger partial charge in [0, 0.05) is 24.8 Å². The number of rotatable bonds is 8. The summed E-state index contributed by atoms with van der Waals surface area (Å²) in [5.74, 6) is 1.33. The molecule has 114 valence electrons. The van der Waals surface area contributed by atoms with E-state index < -0.39 is 0 Å². The first-order valence-corrected chi connectivity index (χ1v) is 7.62. The van der Waals surface area contributed by atoms with Crippen molar-refractivity contribution >= 4 is 0 Å². The molecule has 0 spiro atoms. The van der Waals surface area contributed by atoms with E-state index in [1.807, 2.05) is 23.0 Å². The lowest BCUT2D eigenvalue weighted by atomic mass is 10.1. The number of nitrogens with zero attached hydrogens (tertiary/aromatic N) is 3. The fourth-order valence-electron chi connectivity index (χ4n) is 2.10. The number of hydrogen-bond donors (Lipinski definition) is 1. The molecule has 0 aliphatic heterocycles. The Morgan fingerprint density at radius 1 is 1.33 bits per heavy atom. The predicted octanol–water partition coefficient (Wildman–Crippen LogP) is 3.54. The summed E-state index contributed by atoms with van der Waals surface area (Å²) in [6, 6.07) is 4.28. The van der Waals surface area contributed by atoms with Gasteiger partial charge in [-0.05, 0) is 37.9 Å². The molecular formula is C16H24N4O. The van der Waals surface area contributed by atoms with Gasteiger partial charge in [-0.2, -0.15) is 5.10 Å². The zero-order valence-corrected chi connectivity index (χ0v) is 13.0. The predicted molar refractivity (Wildman–Crippen MR) is 83.5 cm³/mol. The highest BCUT2D eigenvalue weighted by atomic mass is 16.5. The molecule has 0 aliphatic rings. The molecule has 2 heterocycles. The van der Waals surface area contributed by atoms with Gasteiger partial charge in [0.1, 0.15) is 0 Å². The second-order valence-corrected chi connectivity index (χ2v) is 5.14. The maximum Gasteiger partial charge on any atom is 0.219 e. The van der Waals surface area contributed by atoms with Gasteiger partial charge in [-0.15, -0.1) is 0 Å². The Morgan fingerprint density at radius 2 is 2.19 bits per heavy atom. The lowest BCUT2D eigenvalue weighted by Gasteiger charge is -2.14. The molecule has 5 heteroatoms. The van der Waals surface area contributed by atoms with E-state index in [1.165, 1.54) is 5.56 Å². The average Bonchev–Trinajstić information content (AvgIpc) is 2.92. The largest absolute Gasteiger partial charge is 0.436 e. The van der Waals surface area contributed by atoms with E-state index in [9.17, 15) is 0 Å². The van der Waals surface area contributed by atoms with E-state index in [4.69, 9.17) is 4.74 Å². The molecule has 1 N–H and O–H groups in total. The molecule has 0 aromatic carbocycles. The first-order valence-electron chi connectivity index (χ1n) is 7.62. The number of aromatic nitrogens is 3. The Hall–Kier alpha value is -1.88. The van der Waals surface area contributed by atoms with E-state index >= 15 is 0 Å². The van der Waals surface area contributed by atoms with E-state index in [0.717, 1.165) is 31.7 Å². The summed E-state index contributed by atoms with van der Waals surface area (Å²) < 4.78 is 7.66. The molecule has 0 amide bonds. The van der Waals surface area contributed by atoms with Crippen LogP contribution in [-0.2, 0) is 6.54 Å². The topological polar surface area (TPSA) is 52.0 Å². The van der Waals surface area contributed by atoms with Crippen molar-refractivity contribution in [2.24, 2.45) is 0 Å². The van der Waals surface area contributed by atoms with Crippen LogP contribution in [0.15, 0.2) is 30.7 Å². The molecule has 0 aliphatic carbocycles. The molecule has 0 saturated carbocycles. The zero-order chi connectivity index (χ0) is 15.1. The average molecular weight is 288 g/mol. The Balaban J connectivity index is 2.02. The van der Waals surface area contributed by atoms with Crippen LogP contribution in [0.25, 0.3) is 0 Å². The highest BCUT2D eigenvalue weighted by molar-refractivity contribution is 5.27. The van der Waals surface area contributed by atoms with Gasteiger partial charge in [-0.1, -0.05) is 13.8 Å². The molecule has 1 atom stereocenters. The van der Waals surface area contributed by atoms with E-state index in [1.54, 1.807) is 12.4 Å². The summed E-state index contributed by atoms with van der Waals surface area (Å²) in [5, 5.41) is 7.71. The molecular weight excluding hydrogens is 264 g/mol. The monoisotopic (exact) mass is 288 g/mol. The molecule has 1 unspecified atom stereocenters. The van der Waals surface area contributed by atoms with Crippen molar-refractivity contribution in [2.45, 2.75) is 46.2 Å². The molecule has 0 fully saturated rings. The molecule has 2 rings (SSSR count). The van der Waals surface area contributed by atoms with Crippen LogP contribution in [0.3, 0.4) is 0 Å². The van der Waals surface area contributed by atoms with E-state index in [2.05, 4.69) is 36.2 Å². The second kappa shape index (κ2) is 7.78. The van der Waals surface area contributed by atoms with Crippen LogP contribution in [0, 0.1) is 0 Å². The summed E-state index contributed by atoms with van der Waals surface area (Å²) >= 11 is 0. The summed E-state index contributed by atoms with van der Waals surface area (Å²) in [4.78, 5) is 4.27. The molecule has 0 saturated heterocycles. The molecule has 5 nitrogen and oxygen atoms in total. The summed E-state index contributed by atoms with van der Waals surface area (Å²) in [5.41, 5.74) is 1.18. The fraction of sp³-hybridized carbons (Fsp3) is 0.500. The number of aryl methyl sites for hydroxylation is 1. The van der Waals surface area contributed by atoms with Crippen LogP contribution < -0.4 is 10.1 Å². The van der Waals surface area contributed by atoms with Crippen molar-refractivity contribution in [1.82, 2.24) is 20.1 Å². The standard InChI is InChI=1S/C16H24N4O/c1-4-7-17-13(3)14-6-8-18-16(10-14)21-15-11-19-20(12-15)9-5-2/h6,8,10-13,17H,4-5,7,9H2,1-3H3. The third-order valence-corrected chi connectivity index (χ3v) is 3.24. The second-order valence-electron chi connectivity index (χ2n) is 5.14. The Morgan fingerprint density at radius 3 is 2.95 bits per heavy atom. The maximum atomic E-state index is 5.78. The lowest BCUT2D eigenvalue weighted by molar-refractivity contribution is 0.458. The van der Waals surface area contributed by atoms with Crippen LogP contribution in [0.2, 0.25) is 0 Å². The minimum Gasteiger partial charge on any atom is -0.436 e. The molecule has 21 heavy (non-hydrogen) atoms. The molecule has 2 aromatic rings. The zero-order valence-electron chi connectivity index (χ0n) is 13.0. The third-order valence-electron chi connectivity index (χ3n) is 3.24. The van der Waals surface area contributed by atoms with Crippen molar-refractivity contribution < 1.29 is 4.74 Å². The highest BCUT2D eigenvalue weighted by Gasteiger charge is 2.07. The van der Waals surface area contributed by atoms with Gasteiger partial charge in [0.15, 0.2) is 5.75 Å². The van der Waals surface area contributed by atoms with Crippen molar-refractivity contribution in [3.63, 3.8) is 0 Å². The Bertz CT molecular complexity index is 553. The summed E-state index contributed by atoms with van der Waals surface area (Å²) in [7, 11) is 0. The van der Waals surface area contributed by atoms with Gasteiger partial charge < -0.3 is 10.1 Å². The van der Waals surface area contributed by atoms with Crippen molar-refractivity contribution in [3.8, 4) is 11.6 Å². The molecule has 2 aromatic heterocycles. The molecule has 0 radical (unpaired) electrons. The summed E-state index contributed by atoms with van der Waals surface area (Å²) in [6.45, 7) is 8.33. The maximum absolute atomic E-state index is 5.78. The lowest BCUT2D eigenvalue weighted by Crippen LogP contribution is -2.19. The number of nitrogens with one attached hydrogen (secondary N) is 1. The first kappa shape index (κ1) is 15.5. The van der Waals surface area contributed by atoms with Gasteiger partial charge in [0.25, 0.3) is 0 Å². The Labute approximate surface area is 126 Å². The van der Waals surface area contributed by atoms with E-state index in [-0.39, 0.29) is 6.04 Å². The minimum atomic E-state index is 0.290. The molecule has 0 bridgehead atoms. The van der Waals surface area contributed by atoms with Crippen molar-refractivity contribution in [1.29, 1.82) is 0 Å². The minimum absolute atomic E-state index is 0.290. The van der Waals surface area contributed by atoms with E-state index in [0.29, 0.717) is 5.88 Å². The van der Waals surface area contributed by atoms with Crippen LogP contribution in [0.4, 0.5) is 0 Å². The number of hydrogen-bond acceptors (Lipinski definition) is 4. The quantitative estimate of drug-likeness (QED) is 0.807. The van der Waals surface area contributed by atoms with Crippen LogP contribution >= 0.6 is 0 Å². The Kier molecular flexibility index (Phi) is 5.75. The van der Waals surface area contributed by atoms with Crippen molar-refractivity contribution in [2.75, 3.05) is 6.54 Å². The van der Waals surface area contributed by atoms with Crippen molar-refractivity contribution in [3.05, 3.63) is 36.3 Å².